The van der Waals surface area contributed by atoms with Crippen LogP contribution >= 0.6 is 43.2 Å². The van der Waals surface area contributed by atoms with Crippen LogP contribution in [0.3, 0.4) is 0 Å². The van der Waals surface area contributed by atoms with Crippen molar-refractivity contribution in [3.8, 4) is 0 Å². The van der Waals surface area contributed by atoms with E-state index in [1.54, 1.807) is 0 Å². The van der Waals surface area contributed by atoms with Gasteiger partial charge < -0.3 is 0 Å². The predicted molar refractivity (Wildman–Crippen MR) is 73.0 cm³/mol. The first kappa shape index (κ1) is 12.7. The molecule has 0 nitrogen and oxygen atoms in total. The van der Waals surface area contributed by atoms with Gasteiger partial charge in [0.1, 0.15) is 0 Å². The molecule has 0 aromatic carbocycles. The van der Waals surface area contributed by atoms with E-state index in [9.17, 15) is 0 Å². The molecule has 0 aliphatic heterocycles. The third kappa shape index (κ3) is 3.35. The van der Waals surface area contributed by atoms with Gasteiger partial charge in [-0.15, -0.1) is 11.3 Å². The van der Waals surface area contributed by atoms with E-state index < -0.39 is 0 Å². The maximum Gasteiger partial charge on any atom is 0.00959 e. The summed E-state index contributed by atoms with van der Waals surface area (Å²) in [6.45, 7) is 2.27. The van der Waals surface area contributed by atoms with Crippen molar-refractivity contribution in [2.24, 2.45) is 5.41 Å². The standard InChI is InChI=1S/C11H16Br2S/c1-2-11(8-12,9-13)6-5-10-4-3-7-14-10/h3-4,7H,2,5-6,8-9H2,1H3. The third-order valence-corrected chi connectivity index (χ3v) is 6.11. The molecule has 0 atom stereocenters. The second-order valence-electron chi connectivity index (χ2n) is 3.70. The molecule has 14 heavy (non-hydrogen) atoms. The maximum atomic E-state index is 3.63. The van der Waals surface area contributed by atoms with Gasteiger partial charge >= 0.3 is 0 Å². The second-order valence-corrected chi connectivity index (χ2v) is 5.85. The minimum absolute atomic E-state index is 0.435. The fourth-order valence-corrected chi connectivity index (χ4v) is 4.37. The van der Waals surface area contributed by atoms with Crippen molar-refractivity contribution in [2.75, 3.05) is 10.7 Å². The van der Waals surface area contributed by atoms with Crippen molar-refractivity contribution in [3.63, 3.8) is 0 Å². The van der Waals surface area contributed by atoms with Gasteiger partial charge in [-0.3, -0.25) is 0 Å². The van der Waals surface area contributed by atoms with Crippen LogP contribution in [0.2, 0.25) is 0 Å². The molecule has 0 unspecified atom stereocenters. The van der Waals surface area contributed by atoms with Gasteiger partial charge in [0, 0.05) is 15.5 Å². The highest BCUT2D eigenvalue weighted by Gasteiger charge is 2.25. The number of thiophene rings is 1. The molecule has 0 saturated carbocycles. The lowest BCUT2D eigenvalue weighted by Crippen LogP contribution is -2.24. The first-order valence-electron chi connectivity index (χ1n) is 4.90. The summed E-state index contributed by atoms with van der Waals surface area (Å²) in [5.41, 5.74) is 0.435. The van der Waals surface area contributed by atoms with Gasteiger partial charge in [0.05, 0.1) is 0 Å². The molecule has 0 aliphatic rings. The van der Waals surface area contributed by atoms with Gasteiger partial charge in [0.2, 0.25) is 0 Å². The average Bonchev–Trinajstić information content (AvgIpc) is 2.74. The van der Waals surface area contributed by atoms with Gasteiger partial charge in [-0.05, 0) is 36.1 Å². The first-order chi connectivity index (χ1) is 6.76. The molecule has 0 fully saturated rings. The Morgan fingerprint density at radius 1 is 1.36 bits per heavy atom. The highest BCUT2D eigenvalue weighted by Crippen LogP contribution is 2.33. The lowest BCUT2D eigenvalue weighted by molar-refractivity contribution is 0.346. The topological polar surface area (TPSA) is 0 Å². The summed E-state index contributed by atoms with van der Waals surface area (Å²) < 4.78 is 0. The van der Waals surface area contributed by atoms with E-state index in [1.807, 2.05) is 11.3 Å². The smallest absolute Gasteiger partial charge is 0.00959 e. The largest absolute Gasteiger partial charge is 0.149 e. The second kappa shape index (κ2) is 6.29. The lowest BCUT2D eigenvalue weighted by atomic mass is 9.85. The number of hydrogen-bond acceptors (Lipinski definition) is 1. The molecule has 1 aromatic heterocycles. The summed E-state index contributed by atoms with van der Waals surface area (Å²) in [5.74, 6) is 0. The Labute approximate surface area is 107 Å². The summed E-state index contributed by atoms with van der Waals surface area (Å²) in [6.07, 6.45) is 3.71. The quantitative estimate of drug-likeness (QED) is 0.649. The van der Waals surface area contributed by atoms with Crippen LogP contribution in [-0.2, 0) is 6.42 Å². The van der Waals surface area contributed by atoms with Crippen molar-refractivity contribution < 1.29 is 0 Å². The van der Waals surface area contributed by atoms with E-state index in [1.165, 1.54) is 24.1 Å². The molecule has 0 amide bonds. The van der Waals surface area contributed by atoms with Crippen LogP contribution in [0.15, 0.2) is 17.5 Å². The van der Waals surface area contributed by atoms with Crippen molar-refractivity contribution in [2.45, 2.75) is 26.2 Å². The summed E-state index contributed by atoms with van der Waals surface area (Å²) in [5, 5.41) is 4.34. The monoisotopic (exact) mass is 338 g/mol. The molecule has 0 spiro atoms. The van der Waals surface area contributed by atoms with E-state index in [4.69, 9.17) is 0 Å². The van der Waals surface area contributed by atoms with E-state index in [2.05, 4.69) is 56.3 Å². The minimum atomic E-state index is 0.435. The highest BCUT2D eigenvalue weighted by atomic mass is 79.9. The molecule has 0 aliphatic carbocycles. The minimum Gasteiger partial charge on any atom is -0.149 e. The molecular weight excluding hydrogens is 324 g/mol. The zero-order valence-corrected chi connectivity index (χ0v) is 12.4. The molecule has 1 rings (SSSR count). The third-order valence-electron chi connectivity index (χ3n) is 2.80. The van der Waals surface area contributed by atoms with Crippen molar-refractivity contribution in [1.82, 2.24) is 0 Å². The Morgan fingerprint density at radius 2 is 2.07 bits per heavy atom. The van der Waals surface area contributed by atoms with Crippen LogP contribution < -0.4 is 0 Å². The van der Waals surface area contributed by atoms with Gasteiger partial charge in [-0.25, -0.2) is 0 Å². The Hall–Kier alpha value is 0.660. The molecule has 80 valence electrons. The van der Waals surface area contributed by atoms with Crippen LogP contribution in [0, 0.1) is 5.41 Å². The van der Waals surface area contributed by atoms with E-state index in [-0.39, 0.29) is 0 Å². The number of aryl methyl sites for hydroxylation is 1. The fourth-order valence-electron chi connectivity index (χ4n) is 1.38. The van der Waals surface area contributed by atoms with Gasteiger partial charge in [-0.1, -0.05) is 44.8 Å². The Balaban J connectivity index is 2.48. The van der Waals surface area contributed by atoms with Crippen LogP contribution in [0.25, 0.3) is 0 Å². The van der Waals surface area contributed by atoms with Crippen LogP contribution in [0.4, 0.5) is 0 Å². The average molecular weight is 340 g/mol. The van der Waals surface area contributed by atoms with E-state index >= 15 is 0 Å². The zero-order chi connectivity index (χ0) is 10.4. The summed E-state index contributed by atoms with van der Waals surface area (Å²) in [6, 6.07) is 4.36. The highest BCUT2D eigenvalue weighted by molar-refractivity contribution is 9.09. The molecule has 1 heterocycles. The van der Waals surface area contributed by atoms with Crippen LogP contribution in [0.5, 0.6) is 0 Å². The van der Waals surface area contributed by atoms with Gasteiger partial charge in [-0.2, -0.15) is 0 Å². The Kier molecular flexibility index (Phi) is 5.72. The molecular formula is C11H16Br2S. The van der Waals surface area contributed by atoms with Gasteiger partial charge in [0.25, 0.3) is 0 Å². The summed E-state index contributed by atoms with van der Waals surface area (Å²) in [7, 11) is 0. The maximum absolute atomic E-state index is 3.63. The van der Waals surface area contributed by atoms with Crippen LogP contribution in [-0.4, -0.2) is 10.7 Å². The summed E-state index contributed by atoms with van der Waals surface area (Å²) in [4.78, 5) is 1.50. The van der Waals surface area contributed by atoms with Gasteiger partial charge in [0.15, 0.2) is 0 Å². The first-order valence-corrected chi connectivity index (χ1v) is 8.03. The number of hydrogen-bond donors (Lipinski definition) is 0. The Morgan fingerprint density at radius 3 is 2.50 bits per heavy atom. The SMILES string of the molecule is CCC(CBr)(CBr)CCc1cccs1. The molecule has 1 aromatic rings. The summed E-state index contributed by atoms with van der Waals surface area (Å²) >= 11 is 9.13. The Bertz CT molecular complexity index is 232. The molecule has 0 radical (unpaired) electrons. The molecule has 0 N–H and O–H groups in total. The number of rotatable bonds is 6. The van der Waals surface area contributed by atoms with Crippen molar-refractivity contribution in [1.29, 1.82) is 0 Å². The van der Waals surface area contributed by atoms with Crippen LogP contribution in [0.1, 0.15) is 24.6 Å². The number of alkyl halides is 2. The van der Waals surface area contributed by atoms with Crippen molar-refractivity contribution in [3.05, 3.63) is 22.4 Å². The van der Waals surface area contributed by atoms with E-state index in [0.717, 1.165) is 10.7 Å². The lowest BCUT2D eigenvalue weighted by Gasteiger charge is -2.28. The zero-order valence-electron chi connectivity index (χ0n) is 8.43. The fraction of sp³-hybridized carbons (Fsp3) is 0.636. The molecule has 3 heteroatoms. The molecule has 0 saturated heterocycles. The normalized spacial score (nSPS) is 11.9. The van der Waals surface area contributed by atoms with Crippen molar-refractivity contribution >= 4 is 43.2 Å². The predicted octanol–water partition coefficient (Wildman–Crippen LogP) is 4.87. The van der Waals surface area contributed by atoms with E-state index in [0.29, 0.717) is 5.41 Å². The molecule has 0 bridgehead atoms. The number of halogens is 2.